The first-order chi connectivity index (χ1) is 8.19. The minimum absolute atomic E-state index is 0.390. The minimum atomic E-state index is -0.416. The standard InChI is InChI=1S/C13H16ClNO2/c1-15-8-4-3-5-10-6-7-11(12(14)9-10)13(16)17-2/h3,5-7,9,15H,4,8H2,1-2H3. The monoisotopic (exact) mass is 253 g/mol. The fourth-order valence-electron chi connectivity index (χ4n) is 1.36. The van der Waals surface area contributed by atoms with Gasteiger partial charge in [0.2, 0.25) is 0 Å². The van der Waals surface area contributed by atoms with Gasteiger partial charge in [-0.15, -0.1) is 0 Å². The van der Waals surface area contributed by atoms with Crippen LogP contribution < -0.4 is 5.32 Å². The molecule has 92 valence electrons. The third-order valence-electron chi connectivity index (χ3n) is 2.27. The molecular weight excluding hydrogens is 238 g/mol. The number of benzene rings is 1. The van der Waals surface area contributed by atoms with E-state index in [-0.39, 0.29) is 0 Å². The number of rotatable bonds is 5. The summed E-state index contributed by atoms with van der Waals surface area (Å²) in [7, 11) is 3.25. The van der Waals surface area contributed by atoms with E-state index >= 15 is 0 Å². The van der Waals surface area contributed by atoms with Gasteiger partial charge >= 0.3 is 5.97 Å². The molecule has 0 aromatic heterocycles. The number of hydrogen-bond donors (Lipinski definition) is 1. The zero-order valence-electron chi connectivity index (χ0n) is 10.00. The second-order valence-corrected chi connectivity index (χ2v) is 3.93. The normalized spacial score (nSPS) is 10.8. The second kappa shape index (κ2) is 7.09. The lowest BCUT2D eigenvalue weighted by Gasteiger charge is -2.03. The molecule has 3 nitrogen and oxygen atoms in total. The van der Waals surface area contributed by atoms with Gasteiger partial charge in [0.15, 0.2) is 0 Å². The van der Waals surface area contributed by atoms with Crippen LogP contribution in [0.3, 0.4) is 0 Å². The molecule has 0 fully saturated rings. The molecule has 0 bridgehead atoms. The van der Waals surface area contributed by atoms with Gasteiger partial charge in [-0.3, -0.25) is 0 Å². The Hall–Kier alpha value is -1.32. The van der Waals surface area contributed by atoms with Crippen LogP contribution >= 0.6 is 11.6 Å². The summed E-state index contributed by atoms with van der Waals surface area (Å²) in [5.74, 6) is -0.416. The fraction of sp³-hybridized carbons (Fsp3) is 0.308. The summed E-state index contributed by atoms with van der Waals surface area (Å²) in [5.41, 5.74) is 1.36. The number of methoxy groups -OCH3 is 1. The SMILES string of the molecule is CNCCC=Cc1ccc(C(=O)OC)c(Cl)c1. The molecule has 17 heavy (non-hydrogen) atoms. The maximum absolute atomic E-state index is 11.3. The predicted molar refractivity (Wildman–Crippen MR) is 70.4 cm³/mol. The lowest BCUT2D eigenvalue weighted by Crippen LogP contribution is -2.05. The van der Waals surface area contributed by atoms with Gasteiger partial charge in [0, 0.05) is 0 Å². The number of esters is 1. The first kappa shape index (κ1) is 13.7. The topological polar surface area (TPSA) is 38.3 Å². The molecular formula is C13H16ClNO2. The maximum atomic E-state index is 11.3. The average Bonchev–Trinajstić information content (AvgIpc) is 2.34. The van der Waals surface area contributed by atoms with Crippen molar-refractivity contribution in [2.75, 3.05) is 20.7 Å². The van der Waals surface area contributed by atoms with Crippen LogP contribution in [0.15, 0.2) is 24.3 Å². The van der Waals surface area contributed by atoms with Crippen molar-refractivity contribution in [1.29, 1.82) is 0 Å². The Morgan fingerprint density at radius 3 is 2.88 bits per heavy atom. The summed E-state index contributed by atoms with van der Waals surface area (Å²) in [6.45, 7) is 0.935. The van der Waals surface area contributed by atoms with E-state index in [1.807, 2.05) is 19.2 Å². The van der Waals surface area contributed by atoms with Crippen LogP contribution in [0, 0.1) is 0 Å². The molecule has 0 saturated heterocycles. The molecule has 0 spiro atoms. The smallest absolute Gasteiger partial charge is 0.339 e. The zero-order chi connectivity index (χ0) is 12.7. The van der Waals surface area contributed by atoms with Crippen molar-refractivity contribution in [3.8, 4) is 0 Å². The van der Waals surface area contributed by atoms with Crippen LogP contribution in [0.5, 0.6) is 0 Å². The van der Waals surface area contributed by atoms with Gasteiger partial charge in [0.1, 0.15) is 0 Å². The molecule has 4 heteroatoms. The van der Waals surface area contributed by atoms with Crippen LogP contribution in [-0.2, 0) is 4.74 Å². The predicted octanol–water partition coefficient (Wildman–Crippen LogP) is 2.75. The highest BCUT2D eigenvalue weighted by Crippen LogP contribution is 2.19. The van der Waals surface area contributed by atoms with Crippen LogP contribution in [0.2, 0.25) is 5.02 Å². The van der Waals surface area contributed by atoms with Crippen molar-refractivity contribution in [1.82, 2.24) is 5.32 Å². The number of nitrogens with one attached hydrogen (secondary N) is 1. The average molecular weight is 254 g/mol. The summed E-state index contributed by atoms with van der Waals surface area (Å²) in [5, 5.41) is 3.47. The fourth-order valence-corrected chi connectivity index (χ4v) is 1.62. The third kappa shape index (κ3) is 4.21. The molecule has 0 amide bonds. The zero-order valence-corrected chi connectivity index (χ0v) is 10.8. The minimum Gasteiger partial charge on any atom is -0.465 e. The number of carbonyl (C=O) groups excluding carboxylic acids is 1. The molecule has 0 aliphatic carbocycles. The molecule has 0 unspecified atom stereocenters. The van der Waals surface area contributed by atoms with Gasteiger partial charge in [-0.2, -0.15) is 0 Å². The Labute approximate surface area is 106 Å². The highest BCUT2D eigenvalue weighted by molar-refractivity contribution is 6.33. The molecule has 0 aliphatic rings. The summed E-state index contributed by atoms with van der Waals surface area (Å²) in [4.78, 5) is 11.3. The molecule has 0 radical (unpaired) electrons. The quantitative estimate of drug-likeness (QED) is 0.648. The van der Waals surface area contributed by atoms with E-state index in [0.717, 1.165) is 18.5 Å². The number of hydrogen-bond acceptors (Lipinski definition) is 3. The summed E-state index contributed by atoms with van der Waals surface area (Å²) in [6.07, 6.45) is 4.98. The Kier molecular flexibility index (Phi) is 5.73. The van der Waals surface area contributed by atoms with Gasteiger partial charge in [-0.05, 0) is 37.7 Å². The van der Waals surface area contributed by atoms with E-state index in [1.54, 1.807) is 12.1 Å². The molecule has 1 N–H and O–H groups in total. The number of halogens is 1. The highest BCUT2D eigenvalue weighted by Gasteiger charge is 2.09. The molecule has 0 heterocycles. The molecule has 1 aromatic carbocycles. The molecule has 0 aliphatic heterocycles. The molecule has 1 aromatic rings. The van der Waals surface area contributed by atoms with E-state index in [9.17, 15) is 4.79 Å². The number of carbonyl (C=O) groups is 1. The van der Waals surface area contributed by atoms with E-state index in [1.165, 1.54) is 7.11 Å². The van der Waals surface area contributed by atoms with Gasteiger partial charge in [-0.1, -0.05) is 29.8 Å². The van der Waals surface area contributed by atoms with Crippen LogP contribution in [0.4, 0.5) is 0 Å². The van der Waals surface area contributed by atoms with Crippen molar-refractivity contribution in [2.45, 2.75) is 6.42 Å². The van der Waals surface area contributed by atoms with Crippen LogP contribution in [-0.4, -0.2) is 26.7 Å². The van der Waals surface area contributed by atoms with Gasteiger partial charge in [0.05, 0.1) is 17.7 Å². The Bertz CT molecular complexity index is 416. The summed E-state index contributed by atoms with van der Waals surface area (Å²) >= 11 is 6.00. The van der Waals surface area contributed by atoms with Crippen LogP contribution in [0.1, 0.15) is 22.3 Å². The first-order valence-electron chi connectivity index (χ1n) is 5.38. The summed E-state index contributed by atoms with van der Waals surface area (Å²) < 4.78 is 4.62. The summed E-state index contributed by atoms with van der Waals surface area (Å²) in [6, 6.07) is 5.27. The van der Waals surface area contributed by atoms with Crippen molar-refractivity contribution < 1.29 is 9.53 Å². The Morgan fingerprint density at radius 2 is 2.29 bits per heavy atom. The highest BCUT2D eigenvalue weighted by atomic mass is 35.5. The molecule has 1 rings (SSSR count). The Balaban J connectivity index is 2.75. The van der Waals surface area contributed by atoms with Crippen molar-refractivity contribution in [3.63, 3.8) is 0 Å². The van der Waals surface area contributed by atoms with Crippen molar-refractivity contribution in [3.05, 3.63) is 40.4 Å². The van der Waals surface area contributed by atoms with Crippen molar-refractivity contribution >= 4 is 23.6 Å². The Morgan fingerprint density at radius 1 is 1.53 bits per heavy atom. The van der Waals surface area contributed by atoms with Gasteiger partial charge in [0.25, 0.3) is 0 Å². The molecule has 0 saturated carbocycles. The third-order valence-corrected chi connectivity index (χ3v) is 2.58. The lowest BCUT2D eigenvalue weighted by atomic mass is 10.1. The lowest BCUT2D eigenvalue weighted by molar-refractivity contribution is 0.0601. The maximum Gasteiger partial charge on any atom is 0.339 e. The first-order valence-corrected chi connectivity index (χ1v) is 5.76. The largest absolute Gasteiger partial charge is 0.465 e. The second-order valence-electron chi connectivity index (χ2n) is 3.53. The number of ether oxygens (including phenoxy) is 1. The van der Waals surface area contributed by atoms with Crippen molar-refractivity contribution in [2.24, 2.45) is 0 Å². The van der Waals surface area contributed by atoms with E-state index < -0.39 is 5.97 Å². The van der Waals surface area contributed by atoms with E-state index in [2.05, 4.69) is 16.1 Å². The van der Waals surface area contributed by atoms with Crippen LogP contribution in [0.25, 0.3) is 6.08 Å². The van der Waals surface area contributed by atoms with Gasteiger partial charge < -0.3 is 10.1 Å². The van der Waals surface area contributed by atoms with Gasteiger partial charge in [-0.25, -0.2) is 4.79 Å². The van der Waals surface area contributed by atoms with E-state index in [4.69, 9.17) is 11.6 Å². The van der Waals surface area contributed by atoms with E-state index in [0.29, 0.717) is 10.6 Å². The molecule has 0 atom stereocenters.